The molecule has 2 fully saturated rings. The van der Waals surface area contributed by atoms with Gasteiger partial charge in [0.25, 0.3) is 0 Å². The second-order valence-corrected chi connectivity index (χ2v) is 8.35. The molecule has 0 aromatic rings. The predicted octanol–water partition coefficient (Wildman–Crippen LogP) is 1.76. The Bertz CT molecular complexity index is 360. The van der Waals surface area contributed by atoms with Crippen LogP contribution in [0.25, 0.3) is 0 Å². The molecule has 2 aliphatic rings. The summed E-state index contributed by atoms with van der Waals surface area (Å²) in [6.07, 6.45) is 2.40. The van der Waals surface area contributed by atoms with E-state index in [-0.39, 0.29) is 29.7 Å². The molecule has 0 radical (unpaired) electrons. The fourth-order valence-electron chi connectivity index (χ4n) is 4.36. The molecular weight excluding hydrogens is 282 g/mol. The number of likely N-dealkylation sites (tertiary alicyclic amines) is 1. The maximum atomic E-state index is 9.65. The number of ether oxygens (including phenoxy) is 2. The normalized spacial score (nSPS) is 29.6. The maximum Gasteiger partial charge on any atom is 0.171 e. The molecule has 0 unspecified atom stereocenters. The van der Waals surface area contributed by atoms with Crippen molar-refractivity contribution in [1.29, 1.82) is 0 Å². The SMILES string of the molecule is CCC1(CO)COC2(CC(C)(C)N(CCO)C(C)(C)C2)OC1. The summed E-state index contributed by atoms with van der Waals surface area (Å²) >= 11 is 0. The first-order chi connectivity index (χ1) is 10.1. The van der Waals surface area contributed by atoms with Crippen LogP contribution in [-0.2, 0) is 9.47 Å². The fraction of sp³-hybridized carbons (Fsp3) is 1.00. The molecule has 5 heteroatoms. The highest BCUT2D eigenvalue weighted by Crippen LogP contribution is 2.48. The summed E-state index contributed by atoms with van der Waals surface area (Å²) < 4.78 is 12.5. The second kappa shape index (κ2) is 6.02. The van der Waals surface area contributed by atoms with Crippen LogP contribution in [0.3, 0.4) is 0 Å². The minimum atomic E-state index is -0.577. The van der Waals surface area contributed by atoms with E-state index in [0.29, 0.717) is 19.8 Å². The average Bonchev–Trinajstić information content (AvgIpc) is 2.43. The van der Waals surface area contributed by atoms with Crippen molar-refractivity contribution in [2.75, 3.05) is 33.0 Å². The third-order valence-electron chi connectivity index (χ3n) is 5.56. The van der Waals surface area contributed by atoms with E-state index >= 15 is 0 Å². The van der Waals surface area contributed by atoms with Gasteiger partial charge < -0.3 is 19.7 Å². The van der Waals surface area contributed by atoms with Gasteiger partial charge in [0.05, 0.1) is 26.4 Å². The van der Waals surface area contributed by atoms with Crippen molar-refractivity contribution in [3.63, 3.8) is 0 Å². The summed E-state index contributed by atoms with van der Waals surface area (Å²) in [5.41, 5.74) is -0.492. The van der Waals surface area contributed by atoms with E-state index in [9.17, 15) is 10.2 Å². The second-order valence-electron chi connectivity index (χ2n) is 8.35. The van der Waals surface area contributed by atoms with Crippen LogP contribution in [0, 0.1) is 5.41 Å². The highest BCUT2D eigenvalue weighted by atomic mass is 16.7. The Kier molecular flexibility index (Phi) is 4.97. The molecule has 0 amide bonds. The van der Waals surface area contributed by atoms with Gasteiger partial charge in [-0.05, 0) is 34.1 Å². The molecule has 5 nitrogen and oxygen atoms in total. The van der Waals surface area contributed by atoms with Crippen LogP contribution >= 0.6 is 0 Å². The first kappa shape index (κ1) is 18.1. The summed E-state index contributed by atoms with van der Waals surface area (Å²) in [6, 6.07) is 0. The molecule has 0 aliphatic carbocycles. The number of rotatable bonds is 4. The van der Waals surface area contributed by atoms with Gasteiger partial charge in [0.15, 0.2) is 5.79 Å². The lowest BCUT2D eigenvalue weighted by atomic mass is 9.75. The van der Waals surface area contributed by atoms with Crippen molar-refractivity contribution in [1.82, 2.24) is 4.90 Å². The van der Waals surface area contributed by atoms with E-state index in [2.05, 4.69) is 39.5 Å². The van der Waals surface area contributed by atoms with Crippen molar-refractivity contribution in [3.05, 3.63) is 0 Å². The predicted molar refractivity (Wildman–Crippen MR) is 85.6 cm³/mol. The average molecular weight is 315 g/mol. The summed E-state index contributed by atoms with van der Waals surface area (Å²) in [7, 11) is 0. The van der Waals surface area contributed by atoms with Gasteiger partial charge in [0, 0.05) is 35.9 Å². The first-order valence-corrected chi connectivity index (χ1v) is 8.42. The third-order valence-corrected chi connectivity index (χ3v) is 5.56. The van der Waals surface area contributed by atoms with Gasteiger partial charge in [-0.1, -0.05) is 6.92 Å². The molecule has 2 heterocycles. The van der Waals surface area contributed by atoms with E-state index in [1.54, 1.807) is 0 Å². The number of hydrogen-bond acceptors (Lipinski definition) is 5. The van der Waals surface area contributed by atoms with Gasteiger partial charge in [-0.3, -0.25) is 4.90 Å². The van der Waals surface area contributed by atoms with E-state index in [4.69, 9.17) is 9.47 Å². The number of hydrogen-bond donors (Lipinski definition) is 2. The summed E-state index contributed by atoms with van der Waals surface area (Å²) in [4.78, 5) is 2.35. The Morgan fingerprint density at radius 3 is 1.82 bits per heavy atom. The van der Waals surface area contributed by atoms with Gasteiger partial charge in [0.2, 0.25) is 0 Å². The zero-order valence-electron chi connectivity index (χ0n) is 14.8. The largest absolute Gasteiger partial charge is 0.396 e. The lowest BCUT2D eigenvalue weighted by molar-refractivity contribution is -0.346. The molecule has 0 bridgehead atoms. The van der Waals surface area contributed by atoms with Crippen molar-refractivity contribution in [3.8, 4) is 0 Å². The summed E-state index contributed by atoms with van der Waals surface area (Å²) in [5, 5.41) is 19.0. The van der Waals surface area contributed by atoms with E-state index in [1.807, 2.05) is 0 Å². The Morgan fingerprint density at radius 2 is 1.45 bits per heavy atom. The first-order valence-electron chi connectivity index (χ1n) is 8.42. The highest BCUT2D eigenvalue weighted by molar-refractivity contribution is 5.05. The van der Waals surface area contributed by atoms with Crippen molar-refractivity contribution in [2.24, 2.45) is 5.41 Å². The van der Waals surface area contributed by atoms with Gasteiger partial charge >= 0.3 is 0 Å². The molecule has 0 saturated carbocycles. The Balaban J connectivity index is 2.18. The van der Waals surface area contributed by atoms with Crippen molar-refractivity contribution >= 4 is 0 Å². The standard InChI is InChI=1S/C17H33NO4/c1-6-16(11-20)12-21-17(22-13-16)9-14(2,3)18(7-8-19)15(4,5)10-17/h19-20H,6-13H2,1-5H3. The molecular formula is C17H33NO4. The molecule has 0 atom stereocenters. The lowest BCUT2D eigenvalue weighted by Crippen LogP contribution is -2.68. The number of piperidine rings is 1. The zero-order chi connectivity index (χ0) is 16.6. The number of aliphatic hydroxyl groups excluding tert-OH is 2. The van der Waals surface area contributed by atoms with E-state index < -0.39 is 5.79 Å². The molecule has 2 aliphatic heterocycles. The highest BCUT2D eigenvalue weighted by Gasteiger charge is 2.56. The molecule has 1 spiro atoms. The van der Waals surface area contributed by atoms with Gasteiger partial charge in [0.1, 0.15) is 0 Å². The molecule has 0 aromatic carbocycles. The Morgan fingerprint density at radius 1 is 0.955 bits per heavy atom. The maximum absolute atomic E-state index is 9.65. The lowest BCUT2D eigenvalue weighted by Gasteiger charge is -2.60. The van der Waals surface area contributed by atoms with Gasteiger partial charge in [-0.2, -0.15) is 0 Å². The topological polar surface area (TPSA) is 62.2 Å². The van der Waals surface area contributed by atoms with Crippen LogP contribution in [0.4, 0.5) is 0 Å². The molecule has 22 heavy (non-hydrogen) atoms. The van der Waals surface area contributed by atoms with Crippen molar-refractivity contribution in [2.45, 2.75) is 70.7 Å². The molecule has 2 saturated heterocycles. The molecule has 130 valence electrons. The van der Waals surface area contributed by atoms with Gasteiger partial charge in [-0.25, -0.2) is 0 Å². The Labute approximate surface area is 134 Å². The molecule has 2 rings (SSSR count). The van der Waals surface area contributed by atoms with Gasteiger partial charge in [-0.15, -0.1) is 0 Å². The fourth-order valence-corrected chi connectivity index (χ4v) is 4.36. The van der Waals surface area contributed by atoms with Crippen LogP contribution in [0.15, 0.2) is 0 Å². The summed E-state index contributed by atoms with van der Waals surface area (Å²) in [6.45, 7) is 12.8. The van der Waals surface area contributed by atoms with Crippen LogP contribution < -0.4 is 0 Å². The monoisotopic (exact) mass is 315 g/mol. The van der Waals surface area contributed by atoms with Crippen LogP contribution in [0.2, 0.25) is 0 Å². The molecule has 2 N–H and O–H groups in total. The minimum Gasteiger partial charge on any atom is -0.396 e. The minimum absolute atomic E-state index is 0.100. The zero-order valence-corrected chi connectivity index (χ0v) is 14.8. The van der Waals surface area contributed by atoms with Crippen molar-refractivity contribution < 1.29 is 19.7 Å². The smallest absolute Gasteiger partial charge is 0.171 e. The van der Waals surface area contributed by atoms with Crippen LogP contribution in [-0.4, -0.2) is 65.0 Å². The molecule has 0 aromatic heterocycles. The third kappa shape index (κ3) is 3.20. The quantitative estimate of drug-likeness (QED) is 0.828. The van der Waals surface area contributed by atoms with Crippen LogP contribution in [0.1, 0.15) is 53.9 Å². The van der Waals surface area contributed by atoms with E-state index in [0.717, 1.165) is 19.3 Å². The number of nitrogens with zero attached hydrogens (tertiary/aromatic N) is 1. The number of β-amino-alcohol motifs (C(OH)–C–C–N with tert-alkyl or cyclic N) is 1. The Hall–Kier alpha value is -0.200. The number of aliphatic hydroxyl groups is 2. The van der Waals surface area contributed by atoms with Crippen LogP contribution in [0.5, 0.6) is 0 Å². The summed E-state index contributed by atoms with van der Waals surface area (Å²) in [5.74, 6) is -0.577. The van der Waals surface area contributed by atoms with E-state index in [1.165, 1.54) is 0 Å².